The standard InChI is InChI=1S/C19H27FN6O.HI/c1-4-21-19(22-10-18-25-23-12-26(18)3)24-13(2)15-7-8-17(16(20)9-15)27-11-14-5-6-14;/h7-9,12-14H,4-6,10-11H2,1-3H3,(H2,21,22,24);1H. The largest absolute Gasteiger partial charge is 0.490 e. The van der Waals surface area contributed by atoms with Crippen molar-refractivity contribution in [3.05, 3.63) is 41.7 Å². The third-order valence-corrected chi connectivity index (χ3v) is 4.51. The number of guanidine groups is 1. The SMILES string of the molecule is CCNC(=NCc1nncn1C)NC(C)c1ccc(OCC2CC2)c(F)c1.I. The number of aryl methyl sites for hydroxylation is 1. The van der Waals surface area contributed by atoms with E-state index in [1.165, 1.54) is 18.9 Å². The Hall–Kier alpha value is -1.91. The summed E-state index contributed by atoms with van der Waals surface area (Å²) in [4.78, 5) is 4.53. The molecule has 2 aromatic rings. The maximum absolute atomic E-state index is 14.3. The van der Waals surface area contributed by atoms with Crippen molar-refractivity contribution in [1.82, 2.24) is 25.4 Å². The van der Waals surface area contributed by atoms with Crippen molar-refractivity contribution in [3.8, 4) is 5.75 Å². The lowest BCUT2D eigenvalue weighted by atomic mass is 10.1. The second kappa shape index (κ2) is 10.6. The predicted octanol–water partition coefficient (Wildman–Crippen LogP) is 3.18. The molecular formula is C19H28FIN6O. The summed E-state index contributed by atoms with van der Waals surface area (Å²) in [5.41, 5.74) is 0.829. The van der Waals surface area contributed by atoms with Crippen LogP contribution in [-0.4, -0.2) is 33.9 Å². The number of rotatable bonds is 8. The van der Waals surface area contributed by atoms with Crippen molar-refractivity contribution in [2.75, 3.05) is 13.2 Å². The van der Waals surface area contributed by atoms with Gasteiger partial charge in [0.25, 0.3) is 0 Å². The number of halogens is 2. The zero-order chi connectivity index (χ0) is 19.2. The van der Waals surface area contributed by atoms with Gasteiger partial charge in [0.05, 0.1) is 12.6 Å². The highest BCUT2D eigenvalue weighted by atomic mass is 127. The van der Waals surface area contributed by atoms with Gasteiger partial charge in [-0.3, -0.25) is 0 Å². The van der Waals surface area contributed by atoms with Gasteiger partial charge in [0.2, 0.25) is 0 Å². The first-order valence-electron chi connectivity index (χ1n) is 9.36. The van der Waals surface area contributed by atoms with E-state index < -0.39 is 0 Å². The molecule has 1 unspecified atom stereocenters. The molecule has 0 spiro atoms. The summed E-state index contributed by atoms with van der Waals surface area (Å²) in [6, 6.07) is 4.99. The van der Waals surface area contributed by atoms with Crippen LogP contribution in [0.25, 0.3) is 0 Å². The van der Waals surface area contributed by atoms with E-state index in [2.05, 4.69) is 25.8 Å². The van der Waals surface area contributed by atoms with E-state index in [1.807, 2.05) is 31.5 Å². The van der Waals surface area contributed by atoms with Gasteiger partial charge >= 0.3 is 0 Å². The highest BCUT2D eigenvalue weighted by Gasteiger charge is 2.22. The molecule has 2 N–H and O–H groups in total. The van der Waals surface area contributed by atoms with Crippen molar-refractivity contribution >= 4 is 29.9 Å². The molecule has 1 saturated carbocycles. The minimum atomic E-state index is -0.331. The first-order chi connectivity index (χ1) is 13.1. The lowest BCUT2D eigenvalue weighted by molar-refractivity contribution is 0.285. The average Bonchev–Trinajstić information content (AvgIpc) is 3.39. The molecule has 1 heterocycles. The molecule has 9 heteroatoms. The van der Waals surface area contributed by atoms with Crippen molar-refractivity contribution in [2.24, 2.45) is 18.0 Å². The molecule has 0 aliphatic heterocycles. The van der Waals surface area contributed by atoms with Gasteiger partial charge in [0, 0.05) is 13.6 Å². The van der Waals surface area contributed by atoms with Crippen LogP contribution in [0.4, 0.5) is 4.39 Å². The third kappa shape index (κ3) is 6.32. The van der Waals surface area contributed by atoms with Gasteiger partial charge < -0.3 is 19.9 Å². The zero-order valence-corrected chi connectivity index (χ0v) is 18.8. The minimum absolute atomic E-state index is 0. The fourth-order valence-electron chi connectivity index (χ4n) is 2.60. The summed E-state index contributed by atoms with van der Waals surface area (Å²) in [5.74, 6) is 1.99. The first kappa shape index (κ1) is 22.4. The molecule has 1 aliphatic rings. The smallest absolute Gasteiger partial charge is 0.192 e. The normalized spacial score (nSPS) is 14.9. The minimum Gasteiger partial charge on any atom is -0.490 e. The van der Waals surface area contributed by atoms with E-state index >= 15 is 0 Å². The number of nitrogens with one attached hydrogen (secondary N) is 2. The van der Waals surface area contributed by atoms with Crippen LogP contribution in [0.5, 0.6) is 5.75 Å². The van der Waals surface area contributed by atoms with Crippen LogP contribution >= 0.6 is 24.0 Å². The van der Waals surface area contributed by atoms with Gasteiger partial charge in [0.1, 0.15) is 12.9 Å². The lowest BCUT2D eigenvalue weighted by Crippen LogP contribution is -2.38. The number of hydrogen-bond acceptors (Lipinski definition) is 4. The third-order valence-electron chi connectivity index (χ3n) is 4.51. The van der Waals surface area contributed by atoms with Crippen molar-refractivity contribution in [2.45, 2.75) is 39.3 Å². The molecular weight excluding hydrogens is 474 g/mol. The Labute approximate surface area is 182 Å². The van der Waals surface area contributed by atoms with Crippen LogP contribution in [0.2, 0.25) is 0 Å². The van der Waals surface area contributed by atoms with Crippen molar-refractivity contribution < 1.29 is 9.13 Å². The lowest BCUT2D eigenvalue weighted by Gasteiger charge is -2.19. The molecule has 1 atom stereocenters. The molecule has 7 nitrogen and oxygen atoms in total. The monoisotopic (exact) mass is 502 g/mol. The van der Waals surface area contributed by atoms with Gasteiger partial charge in [-0.15, -0.1) is 34.2 Å². The predicted molar refractivity (Wildman–Crippen MR) is 117 cm³/mol. The summed E-state index contributed by atoms with van der Waals surface area (Å²) < 4.78 is 21.7. The van der Waals surface area contributed by atoms with Gasteiger partial charge in [0.15, 0.2) is 23.4 Å². The molecule has 0 radical (unpaired) electrons. The fourth-order valence-corrected chi connectivity index (χ4v) is 2.60. The molecule has 1 aromatic carbocycles. The quantitative estimate of drug-likeness (QED) is 0.330. The van der Waals surface area contributed by atoms with E-state index in [4.69, 9.17) is 4.74 Å². The Morgan fingerprint density at radius 1 is 1.43 bits per heavy atom. The number of hydrogen-bond donors (Lipinski definition) is 2. The number of aliphatic imine (C=N–C) groups is 1. The fraction of sp³-hybridized carbons (Fsp3) is 0.526. The molecule has 0 saturated heterocycles. The molecule has 1 aromatic heterocycles. The molecule has 3 rings (SSSR count). The highest BCUT2D eigenvalue weighted by Crippen LogP contribution is 2.30. The molecule has 154 valence electrons. The first-order valence-corrected chi connectivity index (χ1v) is 9.36. The van der Waals surface area contributed by atoms with Crippen LogP contribution < -0.4 is 15.4 Å². The average molecular weight is 502 g/mol. The van der Waals surface area contributed by atoms with Crippen LogP contribution in [0.15, 0.2) is 29.5 Å². The molecule has 0 bridgehead atoms. The van der Waals surface area contributed by atoms with Crippen LogP contribution in [0.1, 0.15) is 44.1 Å². The summed E-state index contributed by atoms with van der Waals surface area (Å²) in [6.07, 6.45) is 4.01. The Kier molecular flexibility index (Phi) is 8.46. The van der Waals surface area contributed by atoms with Crippen molar-refractivity contribution in [1.29, 1.82) is 0 Å². The van der Waals surface area contributed by atoms with Gasteiger partial charge in [-0.25, -0.2) is 9.38 Å². The molecule has 1 fully saturated rings. The maximum Gasteiger partial charge on any atom is 0.192 e. The van der Waals surface area contributed by atoms with E-state index in [9.17, 15) is 4.39 Å². The maximum atomic E-state index is 14.3. The van der Waals surface area contributed by atoms with Gasteiger partial charge in [-0.1, -0.05) is 6.07 Å². The second-order valence-electron chi connectivity index (χ2n) is 6.86. The van der Waals surface area contributed by atoms with Crippen LogP contribution in [0.3, 0.4) is 0 Å². The number of nitrogens with zero attached hydrogens (tertiary/aromatic N) is 4. The van der Waals surface area contributed by atoms with Gasteiger partial charge in [-0.2, -0.15) is 0 Å². The summed E-state index contributed by atoms with van der Waals surface area (Å²) in [6.45, 7) is 5.69. The van der Waals surface area contributed by atoms with E-state index in [-0.39, 0.29) is 35.8 Å². The number of aromatic nitrogens is 3. The topological polar surface area (TPSA) is 76.4 Å². The Morgan fingerprint density at radius 3 is 2.82 bits per heavy atom. The van der Waals surface area contributed by atoms with E-state index in [0.717, 1.165) is 17.9 Å². The number of benzene rings is 1. The zero-order valence-electron chi connectivity index (χ0n) is 16.5. The summed E-state index contributed by atoms with van der Waals surface area (Å²) >= 11 is 0. The summed E-state index contributed by atoms with van der Waals surface area (Å²) in [7, 11) is 1.88. The highest BCUT2D eigenvalue weighted by molar-refractivity contribution is 14.0. The van der Waals surface area contributed by atoms with Gasteiger partial charge in [-0.05, 0) is 50.3 Å². The van der Waals surface area contributed by atoms with E-state index in [1.54, 1.807) is 12.4 Å². The molecule has 28 heavy (non-hydrogen) atoms. The second-order valence-corrected chi connectivity index (χ2v) is 6.86. The Morgan fingerprint density at radius 2 is 2.21 bits per heavy atom. The van der Waals surface area contributed by atoms with Crippen molar-refractivity contribution in [3.63, 3.8) is 0 Å². The molecule has 0 amide bonds. The summed E-state index contributed by atoms with van der Waals surface area (Å²) in [5, 5.41) is 14.4. The molecule has 1 aliphatic carbocycles. The number of ether oxygens (including phenoxy) is 1. The van der Waals surface area contributed by atoms with Crippen LogP contribution in [-0.2, 0) is 13.6 Å². The Balaban J connectivity index is 0.00000280. The van der Waals surface area contributed by atoms with Crippen LogP contribution in [0, 0.1) is 11.7 Å². The van der Waals surface area contributed by atoms with E-state index in [0.29, 0.717) is 30.8 Å². The Bertz CT molecular complexity index is 792.